The van der Waals surface area contributed by atoms with Gasteiger partial charge in [0.25, 0.3) is 0 Å². The molecule has 0 heterocycles. The molecule has 0 aromatic heterocycles. The van der Waals surface area contributed by atoms with Crippen molar-refractivity contribution in [3.05, 3.63) is 34.3 Å². The highest BCUT2D eigenvalue weighted by molar-refractivity contribution is 6.30. The van der Waals surface area contributed by atoms with Crippen molar-refractivity contribution in [1.82, 2.24) is 5.32 Å². The van der Waals surface area contributed by atoms with Crippen molar-refractivity contribution in [2.45, 2.75) is 44.8 Å². The highest BCUT2D eigenvalue weighted by atomic mass is 35.5. The van der Waals surface area contributed by atoms with E-state index in [1.54, 1.807) is 0 Å². The highest BCUT2D eigenvalue weighted by Gasteiger charge is 2.22. The second-order valence-electron chi connectivity index (χ2n) is 4.79. The van der Waals surface area contributed by atoms with E-state index >= 15 is 0 Å². The van der Waals surface area contributed by atoms with Crippen LogP contribution in [0.2, 0.25) is 5.02 Å². The van der Waals surface area contributed by atoms with Crippen LogP contribution >= 0.6 is 11.6 Å². The number of rotatable bonds is 5. The van der Waals surface area contributed by atoms with Crippen LogP contribution in [0.4, 0.5) is 0 Å². The summed E-state index contributed by atoms with van der Waals surface area (Å²) >= 11 is 5.98. The minimum absolute atomic E-state index is 0.226. The van der Waals surface area contributed by atoms with E-state index in [1.807, 2.05) is 6.07 Å². The first-order chi connectivity index (χ1) is 8.20. The first-order valence-corrected chi connectivity index (χ1v) is 6.78. The Hall–Kier alpha value is -0.570. The molecule has 0 bridgehead atoms. The molecule has 3 heteroatoms. The van der Waals surface area contributed by atoms with E-state index in [-0.39, 0.29) is 6.10 Å². The monoisotopic (exact) mass is 253 g/mol. The van der Waals surface area contributed by atoms with Gasteiger partial charge in [0.2, 0.25) is 0 Å². The Bertz CT molecular complexity index is 380. The summed E-state index contributed by atoms with van der Waals surface area (Å²) in [7, 11) is 0. The van der Waals surface area contributed by atoms with Crippen LogP contribution in [0.1, 0.15) is 43.4 Å². The Balaban J connectivity index is 1.93. The minimum Gasteiger partial charge on any atom is -0.392 e. The van der Waals surface area contributed by atoms with Crippen molar-refractivity contribution in [2.24, 2.45) is 0 Å². The molecule has 0 saturated carbocycles. The van der Waals surface area contributed by atoms with Crippen LogP contribution in [0.3, 0.4) is 0 Å². The predicted octanol–water partition coefficient (Wildman–Crippen LogP) is 3.08. The number of hydrogen-bond donors (Lipinski definition) is 2. The molecule has 2 N–H and O–H groups in total. The van der Waals surface area contributed by atoms with Crippen molar-refractivity contribution in [1.29, 1.82) is 0 Å². The van der Waals surface area contributed by atoms with E-state index in [9.17, 15) is 5.11 Å². The molecule has 0 fully saturated rings. The number of aliphatic hydroxyl groups excluding tert-OH is 1. The standard InChI is InChI=1S/C14H20ClNO/c1-2-3-12(17)9-16-14-7-4-10-8-11(15)5-6-13(10)14/h5-6,8,12,14,16-17H,2-4,7,9H2,1H3. The fourth-order valence-electron chi connectivity index (χ4n) is 2.51. The zero-order valence-electron chi connectivity index (χ0n) is 10.2. The number of benzene rings is 1. The maximum atomic E-state index is 9.72. The zero-order valence-corrected chi connectivity index (χ0v) is 11.0. The molecule has 0 spiro atoms. The lowest BCUT2D eigenvalue weighted by Crippen LogP contribution is -2.29. The molecule has 1 aromatic rings. The summed E-state index contributed by atoms with van der Waals surface area (Å²) in [5.41, 5.74) is 2.69. The number of fused-ring (bicyclic) bond motifs is 1. The van der Waals surface area contributed by atoms with Crippen molar-refractivity contribution in [3.63, 3.8) is 0 Å². The third-order valence-corrected chi connectivity index (χ3v) is 3.64. The van der Waals surface area contributed by atoms with Gasteiger partial charge in [-0.3, -0.25) is 0 Å². The Kier molecular flexibility index (Phi) is 4.43. The number of aliphatic hydroxyl groups is 1. The molecule has 17 heavy (non-hydrogen) atoms. The molecule has 1 aliphatic rings. The molecule has 2 rings (SSSR count). The van der Waals surface area contributed by atoms with Crippen LogP contribution in [0.15, 0.2) is 18.2 Å². The second kappa shape index (κ2) is 5.85. The summed E-state index contributed by atoms with van der Waals surface area (Å²) in [4.78, 5) is 0. The SMILES string of the molecule is CCCC(O)CNC1CCc2cc(Cl)ccc21. The smallest absolute Gasteiger partial charge is 0.0664 e. The van der Waals surface area contributed by atoms with Gasteiger partial charge in [0.15, 0.2) is 0 Å². The Morgan fingerprint density at radius 1 is 1.53 bits per heavy atom. The minimum atomic E-state index is -0.226. The van der Waals surface area contributed by atoms with Crippen LogP contribution in [0, 0.1) is 0 Å². The van der Waals surface area contributed by atoms with Crippen molar-refractivity contribution >= 4 is 11.6 Å². The van der Waals surface area contributed by atoms with E-state index in [0.29, 0.717) is 12.6 Å². The van der Waals surface area contributed by atoms with Crippen LogP contribution in [-0.2, 0) is 6.42 Å². The van der Waals surface area contributed by atoms with E-state index < -0.39 is 0 Å². The Morgan fingerprint density at radius 2 is 2.35 bits per heavy atom. The fraction of sp³-hybridized carbons (Fsp3) is 0.571. The van der Waals surface area contributed by atoms with Gasteiger partial charge in [-0.1, -0.05) is 31.0 Å². The molecule has 94 valence electrons. The van der Waals surface area contributed by atoms with Gasteiger partial charge in [-0.05, 0) is 42.5 Å². The summed E-state index contributed by atoms with van der Waals surface area (Å²) in [5, 5.41) is 14.0. The van der Waals surface area contributed by atoms with E-state index in [2.05, 4.69) is 24.4 Å². The molecule has 2 unspecified atom stereocenters. The molecule has 0 radical (unpaired) electrons. The predicted molar refractivity (Wildman–Crippen MR) is 71.4 cm³/mol. The maximum Gasteiger partial charge on any atom is 0.0664 e. The van der Waals surface area contributed by atoms with Gasteiger partial charge in [0.1, 0.15) is 0 Å². The van der Waals surface area contributed by atoms with Gasteiger partial charge in [0.05, 0.1) is 6.10 Å². The van der Waals surface area contributed by atoms with Gasteiger partial charge in [0, 0.05) is 17.6 Å². The van der Waals surface area contributed by atoms with E-state index in [0.717, 1.165) is 30.7 Å². The first kappa shape index (κ1) is 12.9. The molecule has 0 aliphatic heterocycles. The third kappa shape index (κ3) is 3.21. The average molecular weight is 254 g/mol. The van der Waals surface area contributed by atoms with Crippen LogP contribution in [-0.4, -0.2) is 17.8 Å². The fourth-order valence-corrected chi connectivity index (χ4v) is 2.71. The Morgan fingerprint density at radius 3 is 3.12 bits per heavy atom. The molecule has 2 atom stereocenters. The number of halogens is 1. The van der Waals surface area contributed by atoms with Crippen molar-refractivity contribution < 1.29 is 5.11 Å². The third-order valence-electron chi connectivity index (χ3n) is 3.40. The summed E-state index contributed by atoms with van der Waals surface area (Å²) in [6.07, 6.45) is 3.86. The van der Waals surface area contributed by atoms with Gasteiger partial charge in [-0.15, -0.1) is 0 Å². The first-order valence-electron chi connectivity index (χ1n) is 6.40. The summed E-state index contributed by atoms with van der Waals surface area (Å²) < 4.78 is 0. The van der Waals surface area contributed by atoms with Crippen LogP contribution in [0.25, 0.3) is 0 Å². The number of hydrogen-bond acceptors (Lipinski definition) is 2. The quantitative estimate of drug-likeness (QED) is 0.845. The summed E-state index contributed by atoms with van der Waals surface area (Å²) in [6.45, 7) is 2.77. The summed E-state index contributed by atoms with van der Waals surface area (Å²) in [6, 6.07) is 6.49. The largest absolute Gasteiger partial charge is 0.392 e. The normalized spacial score (nSPS) is 20.3. The van der Waals surface area contributed by atoms with E-state index in [4.69, 9.17) is 11.6 Å². The molecule has 1 aromatic carbocycles. The van der Waals surface area contributed by atoms with Gasteiger partial charge in [-0.2, -0.15) is 0 Å². The van der Waals surface area contributed by atoms with Crippen LogP contribution < -0.4 is 5.32 Å². The summed E-state index contributed by atoms with van der Waals surface area (Å²) in [5.74, 6) is 0. The topological polar surface area (TPSA) is 32.3 Å². The van der Waals surface area contributed by atoms with Gasteiger partial charge >= 0.3 is 0 Å². The zero-order chi connectivity index (χ0) is 12.3. The molecule has 1 aliphatic carbocycles. The van der Waals surface area contributed by atoms with Gasteiger partial charge < -0.3 is 10.4 Å². The second-order valence-corrected chi connectivity index (χ2v) is 5.22. The van der Waals surface area contributed by atoms with Crippen molar-refractivity contribution in [2.75, 3.05) is 6.54 Å². The van der Waals surface area contributed by atoms with Crippen molar-refractivity contribution in [3.8, 4) is 0 Å². The average Bonchev–Trinajstić information content (AvgIpc) is 2.69. The molecule has 0 amide bonds. The lowest BCUT2D eigenvalue weighted by atomic mass is 10.1. The highest BCUT2D eigenvalue weighted by Crippen LogP contribution is 2.32. The molecular formula is C14H20ClNO. The van der Waals surface area contributed by atoms with Gasteiger partial charge in [-0.25, -0.2) is 0 Å². The number of nitrogens with one attached hydrogen (secondary N) is 1. The molecule has 2 nitrogen and oxygen atoms in total. The lowest BCUT2D eigenvalue weighted by Gasteiger charge is -2.17. The Labute approximate surface area is 108 Å². The number of aryl methyl sites for hydroxylation is 1. The van der Waals surface area contributed by atoms with Crippen LogP contribution in [0.5, 0.6) is 0 Å². The lowest BCUT2D eigenvalue weighted by molar-refractivity contribution is 0.156. The van der Waals surface area contributed by atoms with E-state index in [1.165, 1.54) is 11.1 Å². The molecule has 0 saturated heterocycles. The molecular weight excluding hydrogens is 234 g/mol. The maximum absolute atomic E-state index is 9.72.